The van der Waals surface area contributed by atoms with E-state index in [4.69, 9.17) is 21.1 Å². The third-order valence-corrected chi connectivity index (χ3v) is 2.63. The van der Waals surface area contributed by atoms with E-state index in [1.165, 1.54) is 0 Å². The molecule has 5 heteroatoms. The molecule has 104 valence electrons. The van der Waals surface area contributed by atoms with E-state index in [9.17, 15) is 9.59 Å². The molecular weight excluding hydrogens is 268 g/mol. The molecule has 0 spiro atoms. The SMILES string of the molecule is CCOC(=O)CCCC(=O)OCc1ccc(Cl)cc1. The molecule has 0 bridgehead atoms. The highest BCUT2D eigenvalue weighted by atomic mass is 35.5. The number of rotatable bonds is 7. The van der Waals surface area contributed by atoms with Crippen molar-refractivity contribution in [2.75, 3.05) is 6.61 Å². The molecule has 19 heavy (non-hydrogen) atoms. The Bertz CT molecular complexity index is 414. The minimum absolute atomic E-state index is 0.215. The lowest BCUT2D eigenvalue weighted by Crippen LogP contribution is -2.07. The fourth-order valence-corrected chi connectivity index (χ4v) is 1.55. The van der Waals surface area contributed by atoms with Gasteiger partial charge in [-0.25, -0.2) is 0 Å². The molecule has 1 aromatic rings. The zero-order valence-corrected chi connectivity index (χ0v) is 11.6. The molecule has 0 saturated heterocycles. The van der Waals surface area contributed by atoms with Crippen molar-refractivity contribution >= 4 is 23.5 Å². The first kappa shape index (κ1) is 15.5. The van der Waals surface area contributed by atoms with Gasteiger partial charge in [-0.1, -0.05) is 23.7 Å². The van der Waals surface area contributed by atoms with Crippen molar-refractivity contribution in [3.63, 3.8) is 0 Å². The average Bonchev–Trinajstić information content (AvgIpc) is 2.38. The zero-order valence-electron chi connectivity index (χ0n) is 10.9. The van der Waals surface area contributed by atoms with E-state index in [-0.39, 0.29) is 31.4 Å². The van der Waals surface area contributed by atoms with Gasteiger partial charge in [0, 0.05) is 17.9 Å². The van der Waals surface area contributed by atoms with Crippen LogP contribution in [0.15, 0.2) is 24.3 Å². The van der Waals surface area contributed by atoms with Crippen molar-refractivity contribution in [1.29, 1.82) is 0 Å². The molecule has 0 N–H and O–H groups in total. The van der Waals surface area contributed by atoms with E-state index >= 15 is 0 Å². The van der Waals surface area contributed by atoms with Crippen LogP contribution in [0.2, 0.25) is 5.02 Å². The van der Waals surface area contributed by atoms with Crippen LogP contribution in [-0.2, 0) is 25.7 Å². The maximum Gasteiger partial charge on any atom is 0.306 e. The molecule has 0 aliphatic carbocycles. The standard InChI is InChI=1S/C14H17ClO4/c1-2-18-13(16)4-3-5-14(17)19-10-11-6-8-12(15)9-7-11/h6-9H,2-5,10H2,1H3. The number of hydrogen-bond donors (Lipinski definition) is 0. The van der Waals surface area contributed by atoms with Crippen LogP contribution < -0.4 is 0 Å². The zero-order chi connectivity index (χ0) is 14.1. The Morgan fingerprint density at radius 3 is 2.21 bits per heavy atom. The summed E-state index contributed by atoms with van der Waals surface area (Å²) in [5.41, 5.74) is 0.878. The number of benzene rings is 1. The fraction of sp³-hybridized carbons (Fsp3) is 0.429. The Balaban J connectivity index is 2.17. The predicted molar refractivity (Wildman–Crippen MR) is 71.7 cm³/mol. The lowest BCUT2D eigenvalue weighted by molar-refractivity contribution is -0.146. The Labute approximate surface area is 117 Å². The number of carbonyl (C=O) groups is 2. The van der Waals surface area contributed by atoms with Crippen molar-refractivity contribution in [3.8, 4) is 0 Å². The molecule has 0 atom stereocenters. The third kappa shape index (κ3) is 6.82. The van der Waals surface area contributed by atoms with Crippen LogP contribution in [0.1, 0.15) is 31.7 Å². The summed E-state index contributed by atoms with van der Waals surface area (Å²) in [6.07, 6.45) is 0.897. The van der Waals surface area contributed by atoms with Crippen molar-refractivity contribution in [1.82, 2.24) is 0 Å². The third-order valence-electron chi connectivity index (χ3n) is 2.38. The maximum absolute atomic E-state index is 11.4. The second-order valence-electron chi connectivity index (χ2n) is 3.95. The first-order valence-electron chi connectivity index (χ1n) is 6.17. The van der Waals surface area contributed by atoms with Gasteiger partial charge in [0.1, 0.15) is 6.61 Å². The minimum Gasteiger partial charge on any atom is -0.466 e. The molecule has 0 unspecified atom stereocenters. The summed E-state index contributed by atoms with van der Waals surface area (Å²) in [5.74, 6) is -0.604. The average molecular weight is 285 g/mol. The van der Waals surface area contributed by atoms with E-state index in [1.807, 2.05) is 0 Å². The van der Waals surface area contributed by atoms with E-state index in [1.54, 1.807) is 31.2 Å². The van der Waals surface area contributed by atoms with Crippen LogP contribution in [-0.4, -0.2) is 18.5 Å². The smallest absolute Gasteiger partial charge is 0.306 e. The highest BCUT2D eigenvalue weighted by Gasteiger charge is 2.07. The number of hydrogen-bond acceptors (Lipinski definition) is 4. The van der Waals surface area contributed by atoms with Gasteiger partial charge in [0.05, 0.1) is 6.61 Å². The lowest BCUT2D eigenvalue weighted by atomic mass is 10.2. The molecular formula is C14H17ClO4. The van der Waals surface area contributed by atoms with Crippen LogP contribution in [0.25, 0.3) is 0 Å². The summed E-state index contributed by atoms with van der Waals surface area (Å²) < 4.78 is 9.84. The van der Waals surface area contributed by atoms with Crippen LogP contribution in [0.5, 0.6) is 0 Å². The summed E-state index contributed by atoms with van der Waals surface area (Å²) in [7, 11) is 0. The molecule has 0 saturated carbocycles. The summed E-state index contributed by atoms with van der Waals surface area (Å²) >= 11 is 5.75. The molecule has 0 fully saturated rings. The molecule has 1 aromatic carbocycles. The molecule has 0 aromatic heterocycles. The van der Waals surface area contributed by atoms with Gasteiger partial charge in [-0.05, 0) is 31.0 Å². The Morgan fingerprint density at radius 2 is 1.63 bits per heavy atom. The van der Waals surface area contributed by atoms with Crippen LogP contribution >= 0.6 is 11.6 Å². The predicted octanol–water partition coefficient (Wildman–Crippen LogP) is 3.12. The quantitative estimate of drug-likeness (QED) is 0.722. The maximum atomic E-state index is 11.4. The number of halogens is 1. The van der Waals surface area contributed by atoms with Gasteiger partial charge in [0.25, 0.3) is 0 Å². The van der Waals surface area contributed by atoms with E-state index in [2.05, 4.69) is 0 Å². The monoisotopic (exact) mass is 284 g/mol. The Hall–Kier alpha value is -1.55. The van der Waals surface area contributed by atoms with Crippen molar-refractivity contribution in [2.45, 2.75) is 32.8 Å². The molecule has 0 aliphatic heterocycles. The highest BCUT2D eigenvalue weighted by Crippen LogP contribution is 2.10. The van der Waals surface area contributed by atoms with Crippen molar-refractivity contribution in [3.05, 3.63) is 34.9 Å². The van der Waals surface area contributed by atoms with Gasteiger partial charge >= 0.3 is 11.9 Å². The van der Waals surface area contributed by atoms with E-state index in [0.29, 0.717) is 18.1 Å². The van der Waals surface area contributed by atoms with Crippen molar-refractivity contribution < 1.29 is 19.1 Å². The largest absolute Gasteiger partial charge is 0.466 e. The molecule has 0 radical (unpaired) electrons. The summed E-state index contributed by atoms with van der Waals surface area (Å²) in [5, 5.41) is 0.643. The van der Waals surface area contributed by atoms with Crippen LogP contribution in [0, 0.1) is 0 Å². The summed E-state index contributed by atoms with van der Waals surface area (Å²) in [6, 6.07) is 7.08. The molecule has 0 amide bonds. The highest BCUT2D eigenvalue weighted by molar-refractivity contribution is 6.30. The summed E-state index contributed by atoms with van der Waals surface area (Å²) in [4.78, 5) is 22.5. The molecule has 1 rings (SSSR count). The van der Waals surface area contributed by atoms with Gasteiger partial charge in [0.15, 0.2) is 0 Å². The topological polar surface area (TPSA) is 52.6 Å². The van der Waals surface area contributed by atoms with Gasteiger partial charge in [-0.2, -0.15) is 0 Å². The minimum atomic E-state index is -0.320. The van der Waals surface area contributed by atoms with Gasteiger partial charge in [0.2, 0.25) is 0 Å². The summed E-state index contributed by atoms with van der Waals surface area (Å²) in [6.45, 7) is 2.33. The normalized spacial score (nSPS) is 10.0. The Morgan fingerprint density at radius 1 is 1.05 bits per heavy atom. The first-order chi connectivity index (χ1) is 9.11. The van der Waals surface area contributed by atoms with E-state index < -0.39 is 0 Å². The second kappa shape index (κ2) is 8.53. The Kier molecular flexibility index (Phi) is 6.97. The van der Waals surface area contributed by atoms with Crippen molar-refractivity contribution in [2.24, 2.45) is 0 Å². The van der Waals surface area contributed by atoms with Gasteiger partial charge in [-0.3, -0.25) is 9.59 Å². The number of ether oxygens (including phenoxy) is 2. The molecule has 4 nitrogen and oxygen atoms in total. The molecule has 0 aliphatic rings. The van der Waals surface area contributed by atoms with Crippen LogP contribution in [0.3, 0.4) is 0 Å². The molecule has 0 heterocycles. The fourth-order valence-electron chi connectivity index (χ4n) is 1.43. The second-order valence-corrected chi connectivity index (χ2v) is 4.38. The van der Waals surface area contributed by atoms with Crippen LogP contribution in [0.4, 0.5) is 0 Å². The number of carbonyl (C=O) groups excluding carboxylic acids is 2. The van der Waals surface area contributed by atoms with Gasteiger partial charge < -0.3 is 9.47 Å². The number of esters is 2. The lowest BCUT2D eigenvalue weighted by Gasteiger charge is -2.05. The first-order valence-corrected chi connectivity index (χ1v) is 6.55. The van der Waals surface area contributed by atoms with Gasteiger partial charge in [-0.15, -0.1) is 0 Å². The van der Waals surface area contributed by atoms with E-state index in [0.717, 1.165) is 5.56 Å².